The number of benzene rings is 1. The second-order valence-corrected chi connectivity index (χ2v) is 5.33. The molecule has 2 atom stereocenters. The number of hydrogen-bond donors (Lipinski definition) is 1. The third kappa shape index (κ3) is 7.07. The van der Waals surface area contributed by atoms with Gasteiger partial charge < -0.3 is 19.3 Å². The zero-order chi connectivity index (χ0) is 16.2. The van der Waals surface area contributed by atoms with Gasteiger partial charge in [-0.3, -0.25) is 0 Å². The second kappa shape index (κ2) is 11.2. The highest BCUT2D eigenvalue weighted by Gasteiger charge is 2.14. The molecule has 0 fully saturated rings. The Morgan fingerprint density at radius 2 is 1.86 bits per heavy atom. The van der Waals surface area contributed by atoms with Crippen molar-refractivity contribution in [2.45, 2.75) is 32.5 Å². The highest BCUT2D eigenvalue weighted by molar-refractivity contribution is 5.26. The third-order valence-corrected chi connectivity index (χ3v) is 3.70. The molecule has 22 heavy (non-hydrogen) atoms. The molecule has 0 radical (unpaired) electrons. The van der Waals surface area contributed by atoms with E-state index < -0.39 is 0 Å². The topological polar surface area (TPSA) is 47.9 Å². The number of rotatable bonds is 11. The van der Waals surface area contributed by atoms with E-state index in [1.165, 1.54) is 0 Å². The molecule has 0 amide bonds. The van der Waals surface area contributed by atoms with Crippen molar-refractivity contribution in [1.82, 2.24) is 0 Å². The van der Waals surface area contributed by atoms with Gasteiger partial charge >= 0.3 is 0 Å². The average Bonchev–Trinajstić information content (AvgIpc) is 2.55. The van der Waals surface area contributed by atoms with Crippen molar-refractivity contribution in [3.05, 3.63) is 42.0 Å². The van der Waals surface area contributed by atoms with Crippen molar-refractivity contribution in [2.75, 3.05) is 27.4 Å². The van der Waals surface area contributed by atoms with Gasteiger partial charge in [-0.25, -0.2) is 0 Å². The van der Waals surface area contributed by atoms with Gasteiger partial charge in [0.1, 0.15) is 5.75 Å². The molecule has 0 saturated carbocycles. The maximum Gasteiger partial charge on any atom is 0.118 e. The molecule has 1 rings (SSSR count). The van der Waals surface area contributed by atoms with Gasteiger partial charge in [0.05, 0.1) is 26.4 Å². The summed E-state index contributed by atoms with van der Waals surface area (Å²) in [4.78, 5) is 0. The lowest BCUT2D eigenvalue weighted by atomic mass is 9.98. The van der Waals surface area contributed by atoms with E-state index in [-0.39, 0.29) is 12.7 Å². The summed E-state index contributed by atoms with van der Waals surface area (Å²) in [6.45, 7) is 3.47. The predicted octanol–water partition coefficient (Wildman–Crippen LogP) is 3.19. The Kier molecular flexibility index (Phi) is 9.55. The molecule has 0 heterocycles. The van der Waals surface area contributed by atoms with Crippen molar-refractivity contribution in [2.24, 2.45) is 5.92 Å². The maximum atomic E-state index is 8.96. The van der Waals surface area contributed by atoms with Crippen LogP contribution in [0.1, 0.15) is 25.3 Å². The molecule has 1 N–H and O–H groups in total. The van der Waals surface area contributed by atoms with Crippen molar-refractivity contribution in [3.8, 4) is 5.75 Å². The first-order valence-corrected chi connectivity index (χ1v) is 7.70. The molecule has 4 nitrogen and oxygen atoms in total. The maximum absolute atomic E-state index is 8.96. The SMILES string of the molecule is COc1ccc(COC/C=C\CC(OC)C(C)CCO)cc1. The quantitative estimate of drug-likeness (QED) is 0.504. The minimum atomic E-state index is 0.144. The molecule has 1 aromatic carbocycles. The van der Waals surface area contributed by atoms with E-state index in [4.69, 9.17) is 19.3 Å². The lowest BCUT2D eigenvalue weighted by Gasteiger charge is -2.20. The number of aliphatic hydroxyl groups is 1. The summed E-state index contributed by atoms with van der Waals surface area (Å²) in [6, 6.07) is 7.86. The zero-order valence-electron chi connectivity index (χ0n) is 13.8. The van der Waals surface area contributed by atoms with Gasteiger partial charge in [0.25, 0.3) is 0 Å². The largest absolute Gasteiger partial charge is 0.497 e. The first kappa shape index (κ1) is 18.7. The van der Waals surface area contributed by atoms with Crippen LogP contribution in [0.5, 0.6) is 5.75 Å². The minimum absolute atomic E-state index is 0.144. The highest BCUT2D eigenvalue weighted by atomic mass is 16.5. The van der Waals surface area contributed by atoms with Gasteiger partial charge in [0, 0.05) is 13.7 Å². The van der Waals surface area contributed by atoms with Crippen molar-refractivity contribution in [1.29, 1.82) is 0 Å². The summed E-state index contributed by atoms with van der Waals surface area (Å²) in [7, 11) is 3.37. The third-order valence-electron chi connectivity index (χ3n) is 3.70. The highest BCUT2D eigenvalue weighted by Crippen LogP contribution is 2.15. The lowest BCUT2D eigenvalue weighted by molar-refractivity contribution is 0.0504. The smallest absolute Gasteiger partial charge is 0.118 e. The van der Waals surface area contributed by atoms with E-state index in [2.05, 4.69) is 13.0 Å². The van der Waals surface area contributed by atoms with Gasteiger partial charge in [0.15, 0.2) is 0 Å². The Hall–Kier alpha value is -1.36. The normalized spacial score (nSPS) is 14.2. The molecular formula is C18H28O4. The van der Waals surface area contributed by atoms with Gasteiger partial charge in [0.2, 0.25) is 0 Å². The summed E-state index contributed by atoms with van der Waals surface area (Å²) in [5, 5.41) is 8.96. The van der Waals surface area contributed by atoms with Crippen LogP contribution in [-0.2, 0) is 16.1 Å². The van der Waals surface area contributed by atoms with Crippen molar-refractivity contribution < 1.29 is 19.3 Å². The molecule has 0 saturated heterocycles. The zero-order valence-corrected chi connectivity index (χ0v) is 13.8. The van der Waals surface area contributed by atoms with E-state index in [0.29, 0.717) is 19.1 Å². The van der Waals surface area contributed by atoms with Crippen LogP contribution >= 0.6 is 0 Å². The molecule has 4 heteroatoms. The minimum Gasteiger partial charge on any atom is -0.497 e. The van der Waals surface area contributed by atoms with Crippen LogP contribution in [-0.4, -0.2) is 38.6 Å². The summed E-state index contributed by atoms with van der Waals surface area (Å²) < 4.78 is 16.2. The molecular weight excluding hydrogens is 280 g/mol. The van der Waals surface area contributed by atoms with Crippen molar-refractivity contribution >= 4 is 0 Å². The van der Waals surface area contributed by atoms with E-state index in [9.17, 15) is 0 Å². The molecule has 0 aliphatic heterocycles. The predicted molar refractivity (Wildman–Crippen MR) is 88.1 cm³/mol. The summed E-state index contributed by atoms with van der Waals surface area (Å²) in [5.74, 6) is 1.20. The Morgan fingerprint density at radius 1 is 1.14 bits per heavy atom. The summed E-state index contributed by atoms with van der Waals surface area (Å²) in [5.41, 5.74) is 1.13. The summed E-state index contributed by atoms with van der Waals surface area (Å²) in [6.07, 6.45) is 5.84. The fraction of sp³-hybridized carbons (Fsp3) is 0.556. The number of methoxy groups -OCH3 is 2. The Balaban J connectivity index is 2.22. The number of ether oxygens (including phenoxy) is 3. The lowest BCUT2D eigenvalue weighted by Crippen LogP contribution is -2.20. The van der Waals surface area contributed by atoms with Crippen LogP contribution in [0.2, 0.25) is 0 Å². The van der Waals surface area contributed by atoms with E-state index in [1.54, 1.807) is 14.2 Å². The van der Waals surface area contributed by atoms with Gasteiger partial charge in [-0.05, 0) is 36.5 Å². The molecule has 0 bridgehead atoms. The Labute approximate surface area is 133 Å². The van der Waals surface area contributed by atoms with Gasteiger partial charge in [-0.2, -0.15) is 0 Å². The summed E-state index contributed by atoms with van der Waals surface area (Å²) >= 11 is 0. The molecule has 0 spiro atoms. The molecule has 2 unspecified atom stereocenters. The second-order valence-electron chi connectivity index (χ2n) is 5.33. The van der Waals surface area contributed by atoms with E-state index in [1.807, 2.05) is 30.3 Å². The van der Waals surface area contributed by atoms with E-state index >= 15 is 0 Å². The average molecular weight is 308 g/mol. The standard InChI is InChI=1S/C18H28O4/c1-15(11-12-19)18(21-3)6-4-5-13-22-14-16-7-9-17(20-2)10-8-16/h4-5,7-10,15,18-19H,6,11-14H2,1-3H3/b5-4-. The fourth-order valence-corrected chi connectivity index (χ4v) is 2.22. The Morgan fingerprint density at radius 3 is 2.45 bits per heavy atom. The molecule has 0 aliphatic carbocycles. The number of hydrogen-bond acceptors (Lipinski definition) is 4. The van der Waals surface area contributed by atoms with Crippen LogP contribution in [0.4, 0.5) is 0 Å². The fourth-order valence-electron chi connectivity index (χ4n) is 2.22. The van der Waals surface area contributed by atoms with Crippen LogP contribution < -0.4 is 4.74 Å². The molecule has 0 aromatic heterocycles. The van der Waals surface area contributed by atoms with Crippen molar-refractivity contribution in [3.63, 3.8) is 0 Å². The first-order valence-electron chi connectivity index (χ1n) is 7.70. The Bertz CT molecular complexity index is 414. The van der Waals surface area contributed by atoms with Gasteiger partial charge in [-0.15, -0.1) is 0 Å². The van der Waals surface area contributed by atoms with Crippen LogP contribution in [0.25, 0.3) is 0 Å². The van der Waals surface area contributed by atoms with Gasteiger partial charge in [-0.1, -0.05) is 31.2 Å². The molecule has 1 aromatic rings. The first-order chi connectivity index (χ1) is 10.7. The van der Waals surface area contributed by atoms with E-state index in [0.717, 1.165) is 24.2 Å². The number of aliphatic hydroxyl groups excluding tert-OH is 1. The van der Waals surface area contributed by atoms with Crippen LogP contribution in [0.3, 0.4) is 0 Å². The van der Waals surface area contributed by atoms with Crippen LogP contribution in [0, 0.1) is 5.92 Å². The molecule has 0 aliphatic rings. The van der Waals surface area contributed by atoms with Crippen LogP contribution in [0.15, 0.2) is 36.4 Å². The molecule has 124 valence electrons. The monoisotopic (exact) mass is 308 g/mol.